The molecule has 1 saturated heterocycles. The van der Waals surface area contributed by atoms with Crippen LogP contribution < -0.4 is 11.2 Å². The molecule has 0 aliphatic carbocycles. The van der Waals surface area contributed by atoms with E-state index >= 15 is 0 Å². The summed E-state index contributed by atoms with van der Waals surface area (Å²) in [4.78, 5) is 15.2. The van der Waals surface area contributed by atoms with E-state index in [-0.39, 0.29) is 12.0 Å². The van der Waals surface area contributed by atoms with Crippen LogP contribution in [-0.2, 0) is 9.30 Å². The van der Waals surface area contributed by atoms with Crippen LogP contribution in [0.3, 0.4) is 0 Å². The third kappa shape index (κ3) is 2.65. The predicted molar refractivity (Wildman–Crippen MR) is 63.7 cm³/mol. The Morgan fingerprint density at radius 1 is 1.47 bits per heavy atom. The summed E-state index contributed by atoms with van der Waals surface area (Å²) in [6.07, 6.45) is -3.14. The molecule has 105 valence electrons. The van der Waals surface area contributed by atoms with Gasteiger partial charge in [0, 0.05) is 12.4 Å². The zero-order valence-electron chi connectivity index (χ0n) is 9.63. The van der Waals surface area contributed by atoms with E-state index in [0.29, 0.717) is 0 Å². The second kappa shape index (κ2) is 5.72. The fourth-order valence-corrected chi connectivity index (χ4v) is 2.38. The number of hydrogen-bond donors (Lipinski definition) is 4. The molecule has 2 rings (SSSR count). The van der Waals surface area contributed by atoms with Crippen molar-refractivity contribution in [3.8, 4) is 0 Å². The van der Waals surface area contributed by atoms with E-state index in [4.69, 9.17) is 9.94 Å². The minimum atomic E-state index is -1.33. The minimum absolute atomic E-state index is 0.0492. The summed E-state index contributed by atoms with van der Waals surface area (Å²) in [5, 5.41) is 28.2. The third-order valence-electron chi connectivity index (χ3n) is 2.84. The van der Waals surface area contributed by atoms with E-state index in [1.807, 2.05) is 0 Å². The number of rotatable bonds is 4. The zero-order valence-corrected chi connectivity index (χ0v) is 10.6. The van der Waals surface area contributed by atoms with Gasteiger partial charge in [-0.3, -0.25) is 19.8 Å². The Kier molecular flexibility index (Phi) is 4.23. The molecule has 4 N–H and O–H groups in total. The molecule has 9 nitrogen and oxygen atoms in total. The molecule has 0 aromatic carbocycles. The quantitative estimate of drug-likeness (QED) is 0.396. The maximum absolute atomic E-state index is 11.7. The average Bonchev–Trinajstić information content (AvgIpc) is 2.67. The smallest absolute Gasteiger partial charge is 0.351 e. The van der Waals surface area contributed by atoms with Gasteiger partial charge in [0.15, 0.2) is 12.0 Å². The molecule has 0 saturated carbocycles. The van der Waals surface area contributed by atoms with Crippen LogP contribution in [0.1, 0.15) is 6.23 Å². The third-order valence-corrected chi connectivity index (χ3v) is 3.41. The minimum Gasteiger partial charge on any atom is -0.387 e. The molecule has 1 aliphatic heterocycles. The fraction of sp³-hybridized carbons (Fsp3) is 0.556. The van der Waals surface area contributed by atoms with Crippen LogP contribution in [0.15, 0.2) is 17.1 Å². The Balaban J connectivity index is 2.27. The number of anilines is 1. The first-order chi connectivity index (χ1) is 9.08. The van der Waals surface area contributed by atoms with Crippen molar-refractivity contribution in [1.82, 2.24) is 9.55 Å². The van der Waals surface area contributed by atoms with Crippen LogP contribution in [-0.4, -0.2) is 49.4 Å². The van der Waals surface area contributed by atoms with E-state index in [9.17, 15) is 19.6 Å². The molecule has 2 heterocycles. The highest BCUT2D eigenvalue weighted by Gasteiger charge is 2.43. The Hall–Kier alpha value is -1.38. The van der Waals surface area contributed by atoms with Gasteiger partial charge in [-0.1, -0.05) is 0 Å². The van der Waals surface area contributed by atoms with Crippen LogP contribution in [0.25, 0.3) is 0 Å². The Bertz CT molecular complexity index is 523. The molecule has 10 heteroatoms. The van der Waals surface area contributed by atoms with Gasteiger partial charge in [-0.05, 0) is 6.07 Å². The zero-order chi connectivity index (χ0) is 14.0. The first kappa shape index (κ1) is 14.0. The van der Waals surface area contributed by atoms with Gasteiger partial charge in [0.2, 0.25) is 0 Å². The van der Waals surface area contributed by atoms with Crippen molar-refractivity contribution in [3.63, 3.8) is 0 Å². The van der Waals surface area contributed by atoms with E-state index in [1.54, 1.807) is 5.48 Å². The lowest BCUT2D eigenvalue weighted by molar-refractivity contribution is -0.0341. The van der Waals surface area contributed by atoms with Gasteiger partial charge >= 0.3 is 5.69 Å². The topological polar surface area (TPSA) is 134 Å². The highest BCUT2D eigenvalue weighted by Crippen LogP contribution is 2.29. The standard InChI is InChI=1S/C9H13N3O6P/c13-6-4(3-19-17)18-8(7(6)14)12-2-1-5(11-16)10-9(12)15/h1-2,4,6-8,13-14,16,19H,3H2,(H,10,11,15)/t4-,6?,7?,8-/m0/s1. The first-order valence-electron chi connectivity index (χ1n) is 5.44. The number of nitrogens with zero attached hydrogens (tertiary/aromatic N) is 2. The molecule has 5 atom stereocenters. The summed E-state index contributed by atoms with van der Waals surface area (Å²) in [5.74, 6) is -0.0492. The summed E-state index contributed by atoms with van der Waals surface area (Å²) in [5.41, 5.74) is 0.954. The molecule has 1 radical (unpaired) electrons. The van der Waals surface area contributed by atoms with Crippen molar-refractivity contribution in [2.24, 2.45) is 0 Å². The molecule has 1 fully saturated rings. The maximum atomic E-state index is 11.7. The molecule has 0 spiro atoms. The number of aliphatic hydroxyl groups excluding tert-OH is 2. The lowest BCUT2D eigenvalue weighted by atomic mass is 10.1. The van der Waals surface area contributed by atoms with Gasteiger partial charge in [-0.25, -0.2) is 4.79 Å². The summed E-state index contributed by atoms with van der Waals surface area (Å²) in [6.45, 7) is 0. The van der Waals surface area contributed by atoms with E-state index in [0.717, 1.165) is 4.57 Å². The number of ether oxygens (including phenoxy) is 1. The molecule has 1 aliphatic rings. The van der Waals surface area contributed by atoms with Crippen molar-refractivity contribution in [3.05, 3.63) is 22.7 Å². The summed E-state index contributed by atoms with van der Waals surface area (Å²) in [7, 11) is -0.682. The highest BCUT2D eigenvalue weighted by molar-refractivity contribution is 7.23. The first-order valence-corrected chi connectivity index (χ1v) is 6.56. The van der Waals surface area contributed by atoms with Gasteiger partial charge in [0.1, 0.15) is 12.2 Å². The van der Waals surface area contributed by atoms with E-state index < -0.39 is 38.7 Å². The van der Waals surface area contributed by atoms with Gasteiger partial charge in [0.25, 0.3) is 0 Å². The van der Waals surface area contributed by atoms with Crippen molar-refractivity contribution in [2.45, 2.75) is 24.5 Å². The highest BCUT2D eigenvalue weighted by atomic mass is 31.1. The van der Waals surface area contributed by atoms with Crippen LogP contribution in [0.4, 0.5) is 5.82 Å². The fourth-order valence-electron chi connectivity index (χ4n) is 1.88. The van der Waals surface area contributed by atoms with Crippen LogP contribution >= 0.6 is 8.46 Å². The van der Waals surface area contributed by atoms with Crippen LogP contribution in [0.2, 0.25) is 0 Å². The lowest BCUT2D eigenvalue weighted by Crippen LogP contribution is -2.35. The number of hydrogen-bond acceptors (Lipinski definition) is 8. The summed E-state index contributed by atoms with van der Waals surface area (Å²) in [6, 6.07) is 1.30. The maximum Gasteiger partial charge on any atom is 0.351 e. The van der Waals surface area contributed by atoms with Gasteiger partial charge in [-0.2, -0.15) is 4.98 Å². The Morgan fingerprint density at radius 2 is 2.21 bits per heavy atom. The molecular weight excluding hydrogens is 277 g/mol. The molecule has 19 heavy (non-hydrogen) atoms. The van der Waals surface area contributed by atoms with Crippen molar-refractivity contribution in [2.75, 3.05) is 11.6 Å². The molecule has 0 amide bonds. The Labute approximate surface area is 108 Å². The second-order valence-electron chi connectivity index (χ2n) is 4.01. The number of aliphatic hydroxyl groups is 2. The van der Waals surface area contributed by atoms with Crippen molar-refractivity contribution in [1.29, 1.82) is 0 Å². The van der Waals surface area contributed by atoms with Crippen molar-refractivity contribution < 1.29 is 24.7 Å². The monoisotopic (exact) mass is 290 g/mol. The summed E-state index contributed by atoms with van der Waals surface area (Å²) < 4.78 is 16.9. The molecule has 1 aromatic heterocycles. The predicted octanol–water partition coefficient (Wildman–Crippen LogP) is -1.31. The average molecular weight is 290 g/mol. The molecule has 0 bridgehead atoms. The molecular formula is C9H13N3O6P. The SMILES string of the molecule is O=[PH]C[C@@H]1O[C@H](n2ccc(NO)nc2=O)C(O)C1O. The summed E-state index contributed by atoms with van der Waals surface area (Å²) >= 11 is 0. The largest absolute Gasteiger partial charge is 0.387 e. The van der Waals surface area contributed by atoms with Gasteiger partial charge in [0.05, 0.1) is 14.6 Å². The lowest BCUT2D eigenvalue weighted by Gasteiger charge is -2.17. The normalized spacial score (nSPS) is 30.7. The van der Waals surface area contributed by atoms with Gasteiger partial charge < -0.3 is 14.9 Å². The van der Waals surface area contributed by atoms with Crippen LogP contribution in [0.5, 0.6) is 0 Å². The second-order valence-corrected chi connectivity index (χ2v) is 4.71. The van der Waals surface area contributed by atoms with E-state index in [2.05, 4.69) is 4.98 Å². The number of aromatic nitrogens is 2. The van der Waals surface area contributed by atoms with Crippen LogP contribution in [0, 0.1) is 0 Å². The molecule has 1 aromatic rings. The Morgan fingerprint density at radius 3 is 2.79 bits per heavy atom. The number of nitrogens with one attached hydrogen (secondary N) is 1. The van der Waals surface area contributed by atoms with Crippen molar-refractivity contribution >= 4 is 14.3 Å². The van der Waals surface area contributed by atoms with E-state index in [1.165, 1.54) is 12.3 Å². The van der Waals surface area contributed by atoms with Gasteiger partial charge in [-0.15, -0.1) is 0 Å². The molecule has 3 unspecified atom stereocenters.